The first-order chi connectivity index (χ1) is 16.1. The van der Waals surface area contributed by atoms with Crippen molar-refractivity contribution in [1.82, 2.24) is 25.3 Å². The number of benzene rings is 1. The Kier molecular flexibility index (Phi) is 9.22. The number of aryl methyl sites for hydroxylation is 2. The summed E-state index contributed by atoms with van der Waals surface area (Å²) in [5.74, 6) is 2.57. The number of ether oxygens (including phenoxy) is 2. The van der Waals surface area contributed by atoms with E-state index in [9.17, 15) is 0 Å². The number of nitrogens with zero attached hydrogens (tertiary/aromatic N) is 4. The van der Waals surface area contributed by atoms with Gasteiger partial charge >= 0.3 is 18.9 Å². The molecule has 4 rings (SSSR count). The number of nitrogens with one attached hydrogen (secondary N) is 2. The van der Waals surface area contributed by atoms with Crippen molar-refractivity contribution >= 4 is 22.5 Å². The molecule has 0 saturated carbocycles. The molecule has 0 spiro atoms. The van der Waals surface area contributed by atoms with E-state index >= 15 is 0 Å². The van der Waals surface area contributed by atoms with Crippen LogP contribution < -0.4 is 39.0 Å². The molecule has 0 saturated heterocycles. The quantitative estimate of drug-likeness (QED) is 0.214. The van der Waals surface area contributed by atoms with Crippen molar-refractivity contribution < 1.29 is 28.3 Å². The number of rotatable bonds is 10. The van der Waals surface area contributed by atoms with Gasteiger partial charge in [-0.2, -0.15) is 0 Å². The van der Waals surface area contributed by atoms with Crippen LogP contribution in [0.25, 0.3) is 11.0 Å². The van der Waals surface area contributed by atoms with Crippen molar-refractivity contribution in [1.29, 1.82) is 0 Å². The van der Waals surface area contributed by atoms with Gasteiger partial charge in [-0.3, -0.25) is 16.4 Å². The Bertz CT molecular complexity index is 1220. The van der Waals surface area contributed by atoms with E-state index in [1.165, 1.54) is 6.33 Å². The Hall–Kier alpha value is -3.18. The number of hydrogen-bond donors (Lipinski definition) is 2. The summed E-state index contributed by atoms with van der Waals surface area (Å²) in [6, 6.07) is 11.4. The third kappa shape index (κ3) is 6.67. The van der Waals surface area contributed by atoms with Gasteiger partial charge in [0.25, 0.3) is 0 Å². The normalized spacial score (nSPS) is 10.6. The van der Waals surface area contributed by atoms with Gasteiger partial charge in [0, 0.05) is 22.6 Å². The summed E-state index contributed by atoms with van der Waals surface area (Å²) in [4.78, 5) is 17.3. The summed E-state index contributed by atoms with van der Waals surface area (Å²) in [6.07, 6.45) is 8.09. The number of hydrogen-bond acceptors (Lipinski definition) is 8. The van der Waals surface area contributed by atoms with Crippen LogP contribution in [0.3, 0.4) is 0 Å². The van der Waals surface area contributed by atoms with E-state index in [0.29, 0.717) is 41.5 Å². The molecule has 0 aliphatic heterocycles. The first-order valence-electron chi connectivity index (χ1n) is 10.6. The minimum absolute atomic E-state index is 0. The molecule has 0 aliphatic rings. The standard InChI is InChI=1S/C25H25N6O2.Li/c1-4-26-10-5-11-32-21-13-22-24(28-15-21)25(30-16-29-22)31-19-7-9-23(17(2)12-19)33-20-8-6-18(3)27-14-20;/h5-9,12-14,16,26H,1,4,10-11H2,2-3H3,(H,29,30,31);/q-3;+1. The summed E-state index contributed by atoms with van der Waals surface area (Å²) in [6.45, 7) is 9.50. The first-order valence-corrected chi connectivity index (χ1v) is 10.6. The Morgan fingerprint density at radius 2 is 1.97 bits per heavy atom. The number of anilines is 2. The number of pyridine rings is 2. The Labute approximate surface area is 211 Å². The summed E-state index contributed by atoms with van der Waals surface area (Å²) in [5.41, 5.74) is 4.05. The van der Waals surface area contributed by atoms with Crippen LogP contribution in [-0.2, 0) is 0 Å². The maximum Gasteiger partial charge on any atom is 1.00 e. The third-order valence-electron chi connectivity index (χ3n) is 4.77. The Balaban J connectivity index is 0.00000324. The molecule has 0 radical (unpaired) electrons. The second-order valence-electron chi connectivity index (χ2n) is 7.33. The molecule has 0 amide bonds. The molecule has 0 bridgehead atoms. The van der Waals surface area contributed by atoms with Gasteiger partial charge in [-0.15, -0.1) is 19.2 Å². The second kappa shape index (κ2) is 12.3. The van der Waals surface area contributed by atoms with Gasteiger partial charge in [0.05, 0.1) is 6.20 Å². The summed E-state index contributed by atoms with van der Waals surface area (Å²) < 4.78 is 11.6. The molecule has 9 heteroatoms. The zero-order valence-electron chi connectivity index (χ0n) is 19.6. The van der Waals surface area contributed by atoms with E-state index in [0.717, 1.165) is 29.2 Å². The summed E-state index contributed by atoms with van der Waals surface area (Å²) in [5, 5.41) is 6.41. The zero-order valence-corrected chi connectivity index (χ0v) is 19.6. The predicted molar refractivity (Wildman–Crippen MR) is 128 cm³/mol. The molecule has 3 aromatic heterocycles. The van der Waals surface area contributed by atoms with Crippen LogP contribution in [0.15, 0.2) is 48.9 Å². The topological polar surface area (TPSA) is 94.1 Å². The molecule has 1 aromatic carbocycles. The summed E-state index contributed by atoms with van der Waals surface area (Å²) in [7, 11) is 0. The van der Waals surface area contributed by atoms with E-state index in [2.05, 4.69) is 43.7 Å². The van der Waals surface area contributed by atoms with E-state index in [1.807, 2.05) is 50.6 Å². The fourth-order valence-corrected chi connectivity index (χ4v) is 3.07. The minimum Gasteiger partial charge on any atom is -0.549 e. The number of aromatic nitrogens is 4. The molecular weight excluding hydrogens is 423 g/mol. The van der Waals surface area contributed by atoms with Crippen molar-refractivity contribution in [2.45, 2.75) is 13.8 Å². The van der Waals surface area contributed by atoms with Gasteiger partial charge < -0.3 is 32.0 Å². The average Bonchev–Trinajstić information content (AvgIpc) is 2.82. The van der Waals surface area contributed by atoms with Crippen LogP contribution in [0, 0.1) is 33.4 Å². The van der Waals surface area contributed by atoms with Crippen molar-refractivity contribution in [3.05, 3.63) is 79.7 Å². The van der Waals surface area contributed by atoms with E-state index in [4.69, 9.17) is 9.47 Å². The molecule has 0 unspecified atom stereocenters. The van der Waals surface area contributed by atoms with Crippen LogP contribution >= 0.6 is 0 Å². The third-order valence-corrected chi connectivity index (χ3v) is 4.77. The van der Waals surface area contributed by atoms with E-state index in [-0.39, 0.29) is 18.9 Å². The molecule has 170 valence electrons. The fraction of sp³-hybridized carbons (Fsp3) is 0.200. The average molecular weight is 448 g/mol. The van der Waals surface area contributed by atoms with Crippen LogP contribution in [0.2, 0.25) is 0 Å². The van der Waals surface area contributed by atoms with Gasteiger partial charge in [-0.1, -0.05) is 0 Å². The van der Waals surface area contributed by atoms with Crippen molar-refractivity contribution in [2.24, 2.45) is 0 Å². The molecule has 2 N–H and O–H groups in total. The van der Waals surface area contributed by atoms with Gasteiger partial charge in [-0.25, -0.2) is 4.98 Å². The fourth-order valence-electron chi connectivity index (χ4n) is 3.07. The molecular formula is C25H25LiN6O2-2. The van der Waals surface area contributed by atoms with E-state index in [1.54, 1.807) is 12.3 Å². The Morgan fingerprint density at radius 1 is 1.09 bits per heavy atom. The molecule has 0 fully saturated rings. The number of fused-ring (bicyclic) bond motifs is 1. The van der Waals surface area contributed by atoms with Crippen molar-refractivity contribution in [3.8, 4) is 17.2 Å². The van der Waals surface area contributed by atoms with Gasteiger partial charge in [-0.05, 0) is 68.1 Å². The van der Waals surface area contributed by atoms with Crippen molar-refractivity contribution in [2.75, 3.05) is 25.0 Å². The molecule has 0 atom stereocenters. The maximum atomic E-state index is 5.95. The van der Waals surface area contributed by atoms with E-state index < -0.39 is 0 Å². The smallest absolute Gasteiger partial charge is 0.549 e. The summed E-state index contributed by atoms with van der Waals surface area (Å²) >= 11 is 0. The van der Waals surface area contributed by atoms with Crippen LogP contribution in [0.4, 0.5) is 11.5 Å². The van der Waals surface area contributed by atoms with Crippen LogP contribution in [-0.4, -0.2) is 39.6 Å². The van der Waals surface area contributed by atoms with Gasteiger partial charge in [0.2, 0.25) is 0 Å². The molecule has 4 aromatic rings. The largest absolute Gasteiger partial charge is 1.00 e. The zero-order chi connectivity index (χ0) is 23.0. The maximum absolute atomic E-state index is 5.95. The first kappa shape index (κ1) is 25.4. The SMILES string of the molecule is [CH2-]CNC[CH-]COc1[c-]nc2c(Nc3ccc(Oc4ccc(C)nc4)c(C)c3)ncnc2c1.[Li+]. The van der Waals surface area contributed by atoms with Crippen LogP contribution in [0.1, 0.15) is 11.3 Å². The predicted octanol–water partition coefficient (Wildman–Crippen LogP) is 1.38. The second-order valence-corrected chi connectivity index (χ2v) is 7.33. The molecule has 0 aliphatic carbocycles. The molecule has 8 nitrogen and oxygen atoms in total. The van der Waals surface area contributed by atoms with Gasteiger partial charge in [0.1, 0.15) is 23.6 Å². The molecule has 3 heterocycles. The van der Waals surface area contributed by atoms with Gasteiger partial charge in [0.15, 0.2) is 0 Å². The van der Waals surface area contributed by atoms with Crippen molar-refractivity contribution in [3.63, 3.8) is 0 Å². The monoisotopic (exact) mass is 448 g/mol. The molecule has 34 heavy (non-hydrogen) atoms. The minimum atomic E-state index is 0. The Morgan fingerprint density at radius 3 is 2.74 bits per heavy atom. The van der Waals surface area contributed by atoms with Crippen LogP contribution in [0.5, 0.6) is 17.2 Å².